The monoisotopic (exact) mass is 467 g/mol. The van der Waals surface area contributed by atoms with Crippen molar-refractivity contribution >= 4 is 34.7 Å². The molecule has 1 aromatic carbocycles. The number of furan rings is 1. The van der Waals surface area contributed by atoms with E-state index in [0.29, 0.717) is 30.1 Å². The molecule has 34 heavy (non-hydrogen) atoms. The molecular formula is C24H25N3O7. The Bertz CT molecular complexity index is 1200. The van der Waals surface area contributed by atoms with Crippen molar-refractivity contribution in [2.24, 2.45) is 0 Å². The average molecular weight is 467 g/mol. The summed E-state index contributed by atoms with van der Waals surface area (Å²) in [6.45, 7) is 4.22. The van der Waals surface area contributed by atoms with Crippen molar-refractivity contribution in [2.45, 2.75) is 32.6 Å². The Morgan fingerprint density at radius 2 is 1.85 bits per heavy atom. The Balaban J connectivity index is 0.000000350. The molecule has 0 bridgehead atoms. The number of nitrogens with one attached hydrogen (secondary N) is 2. The Morgan fingerprint density at radius 3 is 2.47 bits per heavy atom. The van der Waals surface area contributed by atoms with E-state index in [1.807, 2.05) is 43.5 Å². The van der Waals surface area contributed by atoms with Gasteiger partial charge in [0, 0.05) is 35.0 Å². The molecule has 0 spiro atoms. The number of carbonyl (C=O) groups is 3. The number of para-hydroxylation sites is 1. The number of hydrogen-bond acceptors (Lipinski definition) is 7. The quantitative estimate of drug-likeness (QED) is 0.297. The lowest BCUT2D eigenvalue weighted by Gasteiger charge is -2.26. The summed E-state index contributed by atoms with van der Waals surface area (Å²) < 4.78 is 11.5. The standard InChI is InChI=1S/C20H21N3O3.C4H4O4/c1-3-7-14-18(20(24)25-4-2)17(13-11-21-23-19(13)22-14)16-10-12-8-5-6-9-15(12)26-16;5-3(6)1-2-4(7)8/h5-6,8-11,17H,3-4,7H2,1-2H3,(H2,21,22,23);1-2H,(H,5,6)(H,7,8)/b;2-1-. The van der Waals surface area contributed by atoms with Crippen molar-refractivity contribution in [1.29, 1.82) is 0 Å². The first-order valence-corrected chi connectivity index (χ1v) is 10.7. The van der Waals surface area contributed by atoms with Crippen LogP contribution in [0.15, 0.2) is 64.4 Å². The van der Waals surface area contributed by atoms with E-state index in [-0.39, 0.29) is 11.9 Å². The Kier molecular flexibility index (Phi) is 7.86. The fourth-order valence-corrected chi connectivity index (χ4v) is 3.64. The molecule has 0 aliphatic carbocycles. The number of carbonyl (C=O) groups excluding carboxylic acids is 1. The summed E-state index contributed by atoms with van der Waals surface area (Å²) in [5.41, 5.74) is 3.12. The maximum atomic E-state index is 12.8. The molecule has 3 heterocycles. The average Bonchev–Trinajstić information content (AvgIpc) is 3.44. The number of ether oxygens (including phenoxy) is 1. The lowest BCUT2D eigenvalue weighted by molar-refractivity contribution is -0.139. The van der Waals surface area contributed by atoms with Gasteiger partial charge in [-0.25, -0.2) is 14.4 Å². The van der Waals surface area contributed by atoms with E-state index in [9.17, 15) is 14.4 Å². The van der Waals surface area contributed by atoms with E-state index in [0.717, 1.165) is 40.9 Å². The topological polar surface area (TPSA) is 155 Å². The van der Waals surface area contributed by atoms with Crippen molar-refractivity contribution in [3.8, 4) is 0 Å². The maximum absolute atomic E-state index is 12.8. The third-order valence-electron chi connectivity index (χ3n) is 4.96. The predicted octanol–water partition coefficient (Wildman–Crippen LogP) is 4.04. The lowest BCUT2D eigenvalue weighted by Crippen LogP contribution is -2.24. The molecule has 1 atom stereocenters. The summed E-state index contributed by atoms with van der Waals surface area (Å²) in [6.07, 6.45) is 4.56. The van der Waals surface area contributed by atoms with Crippen LogP contribution in [0, 0.1) is 0 Å². The third kappa shape index (κ3) is 5.52. The number of benzene rings is 1. The van der Waals surface area contributed by atoms with Gasteiger partial charge in [0.1, 0.15) is 11.3 Å². The Labute approximate surface area is 194 Å². The van der Waals surface area contributed by atoms with Gasteiger partial charge in [-0.3, -0.25) is 5.10 Å². The van der Waals surface area contributed by atoms with E-state index in [4.69, 9.17) is 19.4 Å². The van der Waals surface area contributed by atoms with Gasteiger partial charge in [0.05, 0.1) is 18.1 Å². The first kappa shape index (κ1) is 24.3. The summed E-state index contributed by atoms with van der Waals surface area (Å²) >= 11 is 0. The predicted molar refractivity (Wildman–Crippen MR) is 123 cm³/mol. The molecule has 3 aromatic rings. The number of carboxylic acids is 2. The number of rotatable bonds is 7. The number of allylic oxidation sites excluding steroid dienone is 1. The number of fused-ring (bicyclic) bond motifs is 2. The van der Waals surface area contributed by atoms with Gasteiger partial charge >= 0.3 is 17.9 Å². The minimum absolute atomic E-state index is 0.319. The summed E-state index contributed by atoms with van der Waals surface area (Å²) in [4.78, 5) is 31.9. The summed E-state index contributed by atoms with van der Waals surface area (Å²) in [6, 6.07) is 9.83. The fraction of sp³-hybridized carbons (Fsp3) is 0.250. The lowest BCUT2D eigenvalue weighted by atomic mass is 9.85. The molecule has 1 aliphatic heterocycles. The second-order valence-electron chi connectivity index (χ2n) is 7.31. The van der Waals surface area contributed by atoms with Crippen LogP contribution < -0.4 is 5.32 Å². The van der Waals surface area contributed by atoms with Gasteiger partial charge in [0.25, 0.3) is 0 Å². The van der Waals surface area contributed by atoms with Crippen LogP contribution in [0.4, 0.5) is 5.82 Å². The van der Waals surface area contributed by atoms with Gasteiger partial charge < -0.3 is 24.7 Å². The Hall–Kier alpha value is -4.34. The number of hydrogen-bond donors (Lipinski definition) is 4. The number of aromatic amines is 1. The van der Waals surface area contributed by atoms with Gasteiger partial charge in [-0.1, -0.05) is 31.5 Å². The molecule has 4 N–H and O–H groups in total. The highest BCUT2D eigenvalue weighted by atomic mass is 16.5. The highest BCUT2D eigenvalue weighted by Gasteiger charge is 2.37. The fourth-order valence-electron chi connectivity index (χ4n) is 3.64. The minimum atomic E-state index is -1.26. The zero-order valence-electron chi connectivity index (χ0n) is 18.7. The molecule has 0 saturated heterocycles. The van der Waals surface area contributed by atoms with Crippen LogP contribution in [0.25, 0.3) is 11.0 Å². The second-order valence-corrected chi connectivity index (χ2v) is 7.31. The molecule has 1 aliphatic rings. The molecular weight excluding hydrogens is 442 g/mol. The molecule has 0 amide bonds. The molecule has 0 saturated carbocycles. The number of esters is 1. The molecule has 178 valence electrons. The van der Waals surface area contributed by atoms with Gasteiger partial charge in [-0.2, -0.15) is 5.10 Å². The van der Waals surface area contributed by atoms with Crippen LogP contribution in [0.3, 0.4) is 0 Å². The molecule has 10 heteroatoms. The van der Waals surface area contributed by atoms with Crippen molar-refractivity contribution in [1.82, 2.24) is 10.2 Å². The van der Waals surface area contributed by atoms with Crippen LogP contribution in [0.1, 0.15) is 43.9 Å². The highest BCUT2D eigenvalue weighted by Crippen LogP contribution is 2.43. The van der Waals surface area contributed by atoms with E-state index in [1.165, 1.54) is 0 Å². The summed E-state index contributed by atoms with van der Waals surface area (Å²) in [5.74, 6) is -1.74. The second kappa shape index (κ2) is 11.0. The normalized spacial score (nSPS) is 14.8. The highest BCUT2D eigenvalue weighted by molar-refractivity contribution is 5.94. The maximum Gasteiger partial charge on any atom is 0.336 e. The number of aromatic nitrogens is 2. The van der Waals surface area contributed by atoms with Gasteiger partial charge in [0.2, 0.25) is 0 Å². The van der Waals surface area contributed by atoms with Gasteiger partial charge in [-0.15, -0.1) is 0 Å². The van der Waals surface area contributed by atoms with Crippen molar-refractivity contribution in [3.63, 3.8) is 0 Å². The SMILES string of the molecule is CCCC1=C(C(=O)OCC)C(c2cc3ccccc3o2)c2c[nH]nc2N1.O=C(O)/C=C\C(=O)O. The number of H-pyrrole nitrogens is 1. The number of nitrogens with zero attached hydrogens (tertiary/aromatic N) is 1. The summed E-state index contributed by atoms with van der Waals surface area (Å²) in [7, 11) is 0. The molecule has 10 nitrogen and oxygen atoms in total. The van der Waals surface area contributed by atoms with Crippen LogP contribution in [0.2, 0.25) is 0 Å². The first-order chi connectivity index (χ1) is 16.3. The van der Waals surface area contributed by atoms with Crippen LogP contribution in [-0.4, -0.2) is 44.9 Å². The molecule has 1 unspecified atom stereocenters. The zero-order chi connectivity index (χ0) is 24.7. The van der Waals surface area contributed by atoms with E-state index >= 15 is 0 Å². The van der Waals surface area contributed by atoms with Gasteiger partial charge in [0.15, 0.2) is 5.82 Å². The molecule has 4 rings (SSSR count). The molecule has 0 fully saturated rings. The third-order valence-corrected chi connectivity index (χ3v) is 4.96. The van der Waals surface area contributed by atoms with Crippen LogP contribution in [0.5, 0.6) is 0 Å². The minimum Gasteiger partial charge on any atom is -0.478 e. The van der Waals surface area contributed by atoms with Crippen molar-refractivity contribution in [2.75, 3.05) is 11.9 Å². The Morgan fingerprint density at radius 1 is 1.15 bits per heavy atom. The van der Waals surface area contributed by atoms with E-state index < -0.39 is 11.9 Å². The first-order valence-electron chi connectivity index (χ1n) is 10.7. The number of carboxylic acid groups (broad SMARTS) is 2. The van der Waals surface area contributed by atoms with Crippen molar-refractivity contribution < 1.29 is 33.8 Å². The van der Waals surface area contributed by atoms with Gasteiger partial charge in [-0.05, 0) is 25.5 Å². The largest absolute Gasteiger partial charge is 0.478 e. The number of aliphatic carboxylic acids is 2. The smallest absolute Gasteiger partial charge is 0.336 e. The van der Waals surface area contributed by atoms with E-state index in [1.54, 1.807) is 0 Å². The van der Waals surface area contributed by atoms with Crippen LogP contribution >= 0.6 is 0 Å². The molecule has 0 radical (unpaired) electrons. The van der Waals surface area contributed by atoms with Crippen molar-refractivity contribution in [3.05, 3.63) is 71.3 Å². The van der Waals surface area contributed by atoms with E-state index in [2.05, 4.69) is 22.4 Å². The zero-order valence-corrected chi connectivity index (χ0v) is 18.7. The molecule has 2 aromatic heterocycles. The van der Waals surface area contributed by atoms with Crippen LogP contribution in [-0.2, 0) is 19.1 Å². The number of anilines is 1. The summed E-state index contributed by atoms with van der Waals surface area (Å²) in [5, 5.41) is 27.1.